The molecule has 0 heterocycles. The molecule has 2 N–H and O–H groups in total. The number of nitrogens with two attached hydrogens (primary N) is 1. The van der Waals surface area contributed by atoms with E-state index < -0.39 is 10.0 Å². The van der Waals surface area contributed by atoms with E-state index in [1.807, 2.05) is 6.92 Å². The molecule has 114 valence electrons. The summed E-state index contributed by atoms with van der Waals surface area (Å²) in [6.45, 7) is 5.18. The number of hydrogen-bond donors (Lipinski definition) is 1. The molecule has 0 aliphatic heterocycles. The van der Waals surface area contributed by atoms with E-state index in [1.165, 1.54) is 7.11 Å². The number of likely N-dealkylation sites (N-methyl/N-ethyl adjacent to an activating group) is 1. The second-order valence-electron chi connectivity index (χ2n) is 5.60. The molecule has 0 saturated heterocycles. The fraction of sp³-hybridized carbons (Fsp3) is 1.00. The molecule has 1 rings (SSSR count). The van der Waals surface area contributed by atoms with Crippen molar-refractivity contribution < 1.29 is 13.2 Å². The number of rotatable bonds is 7. The molecule has 0 amide bonds. The van der Waals surface area contributed by atoms with Crippen molar-refractivity contribution in [1.82, 2.24) is 4.31 Å². The van der Waals surface area contributed by atoms with Crippen LogP contribution in [0.1, 0.15) is 39.5 Å². The molecular formula is C13H28N2O3S. The minimum absolute atomic E-state index is 0.0352. The molecule has 5 nitrogen and oxygen atoms in total. The highest BCUT2D eigenvalue weighted by molar-refractivity contribution is 7.89. The van der Waals surface area contributed by atoms with Crippen molar-refractivity contribution in [2.45, 2.75) is 45.1 Å². The Labute approximate surface area is 117 Å². The summed E-state index contributed by atoms with van der Waals surface area (Å²) >= 11 is 0. The Morgan fingerprint density at radius 2 is 2.16 bits per heavy atom. The maximum atomic E-state index is 12.5. The lowest BCUT2D eigenvalue weighted by molar-refractivity contribution is 0.111. The Bertz CT molecular complexity index is 372. The Kier molecular flexibility index (Phi) is 6.23. The number of methoxy groups -OCH3 is 1. The normalized spacial score (nSPS) is 28.8. The molecule has 0 spiro atoms. The zero-order chi connectivity index (χ0) is 14.5. The van der Waals surface area contributed by atoms with Gasteiger partial charge in [-0.15, -0.1) is 0 Å². The molecule has 1 fully saturated rings. The van der Waals surface area contributed by atoms with Crippen LogP contribution in [0.15, 0.2) is 0 Å². The van der Waals surface area contributed by atoms with Crippen molar-refractivity contribution in [3.8, 4) is 0 Å². The first-order valence-electron chi connectivity index (χ1n) is 7.11. The molecule has 0 radical (unpaired) electrons. The SMILES string of the molecule is CCN(C1(CN)CCCC(C)C1)S(=O)(=O)CCOC. The average Bonchev–Trinajstić information content (AvgIpc) is 2.37. The molecule has 1 aliphatic rings. The largest absolute Gasteiger partial charge is 0.384 e. The van der Waals surface area contributed by atoms with Crippen LogP contribution in [0.2, 0.25) is 0 Å². The van der Waals surface area contributed by atoms with E-state index in [-0.39, 0.29) is 17.9 Å². The molecule has 1 saturated carbocycles. The third-order valence-corrected chi connectivity index (χ3v) is 6.14. The summed E-state index contributed by atoms with van der Waals surface area (Å²) in [5, 5.41) is 0. The van der Waals surface area contributed by atoms with Gasteiger partial charge in [-0.1, -0.05) is 26.7 Å². The second kappa shape index (κ2) is 7.02. The van der Waals surface area contributed by atoms with Crippen LogP contribution in [0.3, 0.4) is 0 Å². The van der Waals surface area contributed by atoms with Crippen LogP contribution in [0, 0.1) is 5.92 Å². The van der Waals surface area contributed by atoms with Gasteiger partial charge in [-0.2, -0.15) is 4.31 Å². The van der Waals surface area contributed by atoms with E-state index in [9.17, 15) is 8.42 Å². The first-order chi connectivity index (χ1) is 8.91. The number of nitrogens with zero attached hydrogens (tertiary/aromatic N) is 1. The van der Waals surface area contributed by atoms with Crippen LogP contribution in [0.4, 0.5) is 0 Å². The van der Waals surface area contributed by atoms with Gasteiger partial charge in [-0.25, -0.2) is 8.42 Å². The Morgan fingerprint density at radius 1 is 1.47 bits per heavy atom. The predicted molar refractivity (Wildman–Crippen MR) is 77.5 cm³/mol. The summed E-state index contributed by atoms with van der Waals surface area (Å²) in [4.78, 5) is 0. The molecule has 2 atom stereocenters. The van der Waals surface area contributed by atoms with Crippen LogP contribution in [-0.4, -0.2) is 50.8 Å². The third-order valence-electron chi connectivity index (χ3n) is 4.14. The fourth-order valence-electron chi connectivity index (χ4n) is 3.27. The molecule has 0 bridgehead atoms. The summed E-state index contributed by atoms with van der Waals surface area (Å²) in [7, 11) is -1.78. The van der Waals surface area contributed by atoms with Crippen molar-refractivity contribution in [2.24, 2.45) is 11.7 Å². The second-order valence-corrected chi connectivity index (χ2v) is 7.62. The van der Waals surface area contributed by atoms with Gasteiger partial charge in [0, 0.05) is 25.7 Å². The molecular weight excluding hydrogens is 264 g/mol. The molecule has 0 aromatic rings. The number of hydrogen-bond acceptors (Lipinski definition) is 4. The summed E-state index contributed by atoms with van der Waals surface area (Å²) in [6.07, 6.45) is 3.95. The van der Waals surface area contributed by atoms with E-state index in [0.717, 1.165) is 25.7 Å². The molecule has 0 aromatic heterocycles. The van der Waals surface area contributed by atoms with E-state index in [0.29, 0.717) is 19.0 Å². The zero-order valence-corrected chi connectivity index (χ0v) is 13.2. The van der Waals surface area contributed by atoms with Crippen molar-refractivity contribution in [3.63, 3.8) is 0 Å². The lowest BCUT2D eigenvalue weighted by atomic mass is 9.76. The lowest BCUT2D eigenvalue weighted by Crippen LogP contribution is -2.58. The highest BCUT2D eigenvalue weighted by atomic mass is 32.2. The van der Waals surface area contributed by atoms with Gasteiger partial charge in [0.25, 0.3) is 0 Å². The van der Waals surface area contributed by atoms with Crippen molar-refractivity contribution >= 4 is 10.0 Å². The molecule has 19 heavy (non-hydrogen) atoms. The Balaban J connectivity index is 2.98. The summed E-state index contributed by atoms with van der Waals surface area (Å²) in [6, 6.07) is 0. The van der Waals surface area contributed by atoms with Crippen LogP contribution >= 0.6 is 0 Å². The van der Waals surface area contributed by atoms with E-state index in [2.05, 4.69) is 6.92 Å². The standard InChI is InChI=1S/C13H28N2O3S/c1-4-15(19(16,17)9-8-18-3)13(11-14)7-5-6-12(2)10-13/h12H,4-11,14H2,1-3H3. The maximum Gasteiger partial charge on any atom is 0.216 e. The van der Waals surface area contributed by atoms with E-state index in [1.54, 1.807) is 4.31 Å². The summed E-state index contributed by atoms with van der Waals surface area (Å²) < 4.78 is 31.5. The van der Waals surface area contributed by atoms with Gasteiger partial charge in [-0.05, 0) is 18.8 Å². The van der Waals surface area contributed by atoms with Gasteiger partial charge in [-0.3, -0.25) is 0 Å². The van der Waals surface area contributed by atoms with Gasteiger partial charge in [0.1, 0.15) is 0 Å². The zero-order valence-electron chi connectivity index (χ0n) is 12.4. The molecule has 1 aliphatic carbocycles. The lowest BCUT2D eigenvalue weighted by Gasteiger charge is -2.46. The fourth-order valence-corrected chi connectivity index (χ4v) is 5.09. The Hall–Kier alpha value is -0.170. The van der Waals surface area contributed by atoms with Gasteiger partial charge in [0.05, 0.1) is 12.4 Å². The summed E-state index contributed by atoms with van der Waals surface area (Å²) in [5.41, 5.74) is 5.58. The van der Waals surface area contributed by atoms with E-state index >= 15 is 0 Å². The van der Waals surface area contributed by atoms with Crippen LogP contribution in [-0.2, 0) is 14.8 Å². The minimum atomic E-state index is -3.30. The third kappa shape index (κ3) is 3.90. The van der Waals surface area contributed by atoms with Crippen LogP contribution in [0.5, 0.6) is 0 Å². The molecule has 2 unspecified atom stereocenters. The highest BCUT2D eigenvalue weighted by Gasteiger charge is 2.43. The Morgan fingerprint density at radius 3 is 2.63 bits per heavy atom. The monoisotopic (exact) mass is 292 g/mol. The smallest absolute Gasteiger partial charge is 0.216 e. The highest BCUT2D eigenvalue weighted by Crippen LogP contribution is 2.37. The maximum absolute atomic E-state index is 12.5. The van der Waals surface area contributed by atoms with Gasteiger partial charge in [0.15, 0.2) is 0 Å². The minimum Gasteiger partial charge on any atom is -0.384 e. The van der Waals surface area contributed by atoms with Gasteiger partial charge < -0.3 is 10.5 Å². The van der Waals surface area contributed by atoms with Crippen LogP contribution in [0.25, 0.3) is 0 Å². The van der Waals surface area contributed by atoms with Crippen molar-refractivity contribution in [1.29, 1.82) is 0 Å². The van der Waals surface area contributed by atoms with E-state index in [4.69, 9.17) is 10.5 Å². The summed E-state index contributed by atoms with van der Waals surface area (Å²) in [5.74, 6) is 0.567. The molecule has 0 aromatic carbocycles. The first kappa shape index (κ1) is 16.9. The van der Waals surface area contributed by atoms with Crippen LogP contribution < -0.4 is 5.73 Å². The molecule has 6 heteroatoms. The number of sulfonamides is 1. The topological polar surface area (TPSA) is 72.6 Å². The predicted octanol–water partition coefficient (Wildman–Crippen LogP) is 1.19. The first-order valence-corrected chi connectivity index (χ1v) is 8.72. The van der Waals surface area contributed by atoms with Crippen molar-refractivity contribution in [2.75, 3.05) is 32.6 Å². The van der Waals surface area contributed by atoms with Gasteiger partial charge >= 0.3 is 0 Å². The average molecular weight is 292 g/mol. The van der Waals surface area contributed by atoms with Crippen molar-refractivity contribution in [3.05, 3.63) is 0 Å². The quantitative estimate of drug-likeness (QED) is 0.765. The number of ether oxygens (including phenoxy) is 1. The van der Waals surface area contributed by atoms with Gasteiger partial charge in [0.2, 0.25) is 10.0 Å².